The number of hydrogen-bond acceptors (Lipinski definition) is 5. The van der Waals surface area contributed by atoms with Gasteiger partial charge in [0.1, 0.15) is 0 Å². The highest BCUT2D eigenvalue weighted by atomic mass is 16.5. The summed E-state index contributed by atoms with van der Waals surface area (Å²) in [5.74, 6) is -1.18. The predicted molar refractivity (Wildman–Crippen MR) is 124 cm³/mol. The molecule has 1 aliphatic carbocycles. The zero-order valence-corrected chi connectivity index (χ0v) is 19.7. The van der Waals surface area contributed by atoms with E-state index >= 15 is 0 Å². The van der Waals surface area contributed by atoms with E-state index in [0.717, 1.165) is 18.9 Å². The lowest BCUT2D eigenvalue weighted by Crippen LogP contribution is -2.33. The molecule has 1 amide bonds. The zero-order valence-electron chi connectivity index (χ0n) is 19.7. The number of methoxy groups -OCH3 is 1. The number of allylic oxidation sites excluding steroid dienone is 6. The summed E-state index contributed by atoms with van der Waals surface area (Å²) in [5, 5.41) is 13.2. The minimum atomic E-state index is -0.482. The van der Waals surface area contributed by atoms with Crippen LogP contribution in [-0.4, -0.2) is 35.8 Å². The number of nitrogens with one attached hydrogen (secondary N) is 1. The van der Waals surface area contributed by atoms with Crippen molar-refractivity contribution in [3.63, 3.8) is 0 Å². The molecule has 3 atom stereocenters. The van der Waals surface area contributed by atoms with Crippen LogP contribution in [-0.2, 0) is 19.1 Å². The molecule has 0 spiro atoms. The number of Topliss-reactive ketones (excluding diaryl/α,β-unsaturated/α-hetero) is 1. The zero-order chi connectivity index (χ0) is 23.8. The minimum absolute atomic E-state index is 0.0217. The van der Waals surface area contributed by atoms with Gasteiger partial charge in [0.15, 0.2) is 5.76 Å². The average molecular weight is 442 g/mol. The van der Waals surface area contributed by atoms with Gasteiger partial charge in [-0.05, 0) is 51.9 Å². The molecule has 0 saturated heterocycles. The Labute approximate surface area is 190 Å². The molecule has 6 nitrogen and oxygen atoms in total. The van der Waals surface area contributed by atoms with Gasteiger partial charge in [0.05, 0.1) is 18.9 Å². The van der Waals surface area contributed by atoms with E-state index in [9.17, 15) is 19.5 Å². The van der Waals surface area contributed by atoms with Gasteiger partial charge >= 0.3 is 0 Å². The van der Waals surface area contributed by atoms with Gasteiger partial charge in [-0.1, -0.05) is 43.7 Å². The fraction of sp³-hybridized carbons (Fsp3) is 0.500. The summed E-state index contributed by atoms with van der Waals surface area (Å²) >= 11 is 0. The second-order valence-electron chi connectivity index (χ2n) is 8.86. The van der Waals surface area contributed by atoms with Crippen LogP contribution in [0.5, 0.6) is 0 Å². The summed E-state index contributed by atoms with van der Waals surface area (Å²) in [6.07, 6.45) is 11.5. The average Bonchev–Trinajstić information content (AvgIpc) is 2.74. The second-order valence-corrected chi connectivity index (χ2v) is 8.86. The lowest BCUT2D eigenvalue weighted by atomic mass is 9.87. The third-order valence-corrected chi connectivity index (χ3v) is 5.95. The largest absolute Gasteiger partial charge is 0.492 e. The van der Waals surface area contributed by atoms with Gasteiger partial charge in [0, 0.05) is 23.1 Å². The van der Waals surface area contributed by atoms with Gasteiger partial charge in [-0.15, -0.1) is 0 Å². The van der Waals surface area contributed by atoms with Crippen molar-refractivity contribution in [2.24, 2.45) is 11.8 Å². The quantitative estimate of drug-likeness (QED) is 0.472. The van der Waals surface area contributed by atoms with E-state index in [1.807, 2.05) is 26.0 Å². The van der Waals surface area contributed by atoms with Gasteiger partial charge < -0.3 is 15.2 Å². The maximum absolute atomic E-state index is 13.1. The van der Waals surface area contributed by atoms with E-state index in [1.165, 1.54) is 12.7 Å². The van der Waals surface area contributed by atoms with Crippen LogP contribution in [0.3, 0.4) is 0 Å². The maximum Gasteiger partial charge on any atom is 0.251 e. The molecule has 2 bridgehead atoms. The van der Waals surface area contributed by atoms with Crippen molar-refractivity contribution in [2.45, 2.75) is 65.9 Å². The molecule has 174 valence electrons. The molecule has 2 unspecified atom stereocenters. The lowest BCUT2D eigenvalue weighted by Gasteiger charge is -2.22. The summed E-state index contributed by atoms with van der Waals surface area (Å²) in [4.78, 5) is 38.1. The van der Waals surface area contributed by atoms with Gasteiger partial charge in [-0.3, -0.25) is 14.4 Å². The molecule has 0 radical (unpaired) electrons. The smallest absolute Gasteiger partial charge is 0.251 e. The molecular weight excluding hydrogens is 406 g/mol. The van der Waals surface area contributed by atoms with E-state index in [0.29, 0.717) is 24.8 Å². The molecule has 0 saturated carbocycles. The molecule has 1 aliphatic heterocycles. The van der Waals surface area contributed by atoms with Crippen LogP contribution in [0.4, 0.5) is 0 Å². The normalized spacial score (nSPS) is 31.1. The maximum atomic E-state index is 13.1. The fourth-order valence-corrected chi connectivity index (χ4v) is 3.91. The summed E-state index contributed by atoms with van der Waals surface area (Å²) in [5.41, 5.74) is 1.87. The first kappa shape index (κ1) is 25.5. The van der Waals surface area contributed by atoms with Crippen LogP contribution in [0.25, 0.3) is 0 Å². The SMILES string of the molecule is COC1=C2CC(C)CC[C@H](O)C(C)/C=C(\C)CC/C=C\C=C(/C)C(=O)NC(=CC1=O)C2=O. The third kappa shape index (κ3) is 6.89. The van der Waals surface area contributed by atoms with Crippen LogP contribution < -0.4 is 5.32 Å². The number of ether oxygens (including phenoxy) is 1. The highest BCUT2D eigenvalue weighted by Crippen LogP contribution is 2.28. The molecule has 32 heavy (non-hydrogen) atoms. The summed E-state index contributed by atoms with van der Waals surface area (Å²) < 4.78 is 5.23. The molecule has 0 aromatic carbocycles. The van der Waals surface area contributed by atoms with Crippen LogP contribution in [0.1, 0.15) is 59.8 Å². The van der Waals surface area contributed by atoms with Gasteiger partial charge in [-0.25, -0.2) is 0 Å². The second kappa shape index (κ2) is 11.8. The fourth-order valence-electron chi connectivity index (χ4n) is 3.91. The number of rotatable bonds is 1. The molecule has 2 aliphatic rings. The topological polar surface area (TPSA) is 92.7 Å². The van der Waals surface area contributed by atoms with Crippen molar-refractivity contribution in [2.75, 3.05) is 7.11 Å². The number of hydrogen-bond donors (Lipinski definition) is 2. The third-order valence-electron chi connectivity index (χ3n) is 5.95. The minimum Gasteiger partial charge on any atom is -0.492 e. The Kier molecular flexibility index (Phi) is 9.39. The van der Waals surface area contributed by atoms with Gasteiger partial charge in [-0.2, -0.15) is 0 Å². The predicted octanol–water partition coefficient (Wildman–Crippen LogP) is 4.08. The molecule has 0 aromatic rings. The van der Waals surface area contributed by atoms with E-state index in [1.54, 1.807) is 13.0 Å². The molecule has 1 heterocycles. The van der Waals surface area contributed by atoms with E-state index < -0.39 is 23.6 Å². The Hall–Kier alpha value is -2.73. The first-order valence-electron chi connectivity index (χ1n) is 11.2. The Morgan fingerprint density at radius 2 is 1.84 bits per heavy atom. The molecule has 2 rings (SSSR count). The summed E-state index contributed by atoms with van der Waals surface area (Å²) in [6, 6.07) is 0. The van der Waals surface area contributed by atoms with Crippen LogP contribution in [0.15, 0.2) is 58.6 Å². The molecule has 2 N–H and O–H groups in total. The van der Waals surface area contributed by atoms with Crippen molar-refractivity contribution < 1.29 is 24.2 Å². The number of carbonyl (C=O) groups excluding carboxylic acids is 3. The number of carbonyl (C=O) groups is 3. The number of aliphatic hydroxyl groups is 1. The van der Waals surface area contributed by atoms with Crippen molar-refractivity contribution >= 4 is 17.5 Å². The van der Waals surface area contributed by atoms with Crippen molar-refractivity contribution in [3.8, 4) is 0 Å². The molecule has 0 aromatic heterocycles. The van der Waals surface area contributed by atoms with Crippen molar-refractivity contribution in [3.05, 3.63) is 58.6 Å². The van der Waals surface area contributed by atoms with Crippen LogP contribution >= 0.6 is 0 Å². The number of amides is 1. The van der Waals surface area contributed by atoms with Crippen molar-refractivity contribution in [1.82, 2.24) is 5.32 Å². The monoisotopic (exact) mass is 441 g/mol. The van der Waals surface area contributed by atoms with Gasteiger partial charge in [0.25, 0.3) is 5.91 Å². The highest BCUT2D eigenvalue weighted by Gasteiger charge is 2.31. The number of fused-ring (bicyclic) bond motifs is 2. The van der Waals surface area contributed by atoms with Crippen LogP contribution in [0, 0.1) is 11.8 Å². The Morgan fingerprint density at radius 3 is 2.53 bits per heavy atom. The Bertz CT molecular complexity index is 903. The first-order chi connectivity index (χ1) is 15.1. The van der Waals surface area contributed by atoms with E-state index in [4.69, 9.17) is 4.74 Å². The van der Waals surface area contributed by atoms with Gasteiger partial charge in [0.2, 0.25) is 11.6 Å². The van der Waals surface area contributed by atoms with E-state index in [2.05, 4.69) is 18.3 Å². The summed E-state index contributed by atoms with van der Waals surface area (Å²) in [6.45, 7) is 7.71. The number of aliphatic hydroxyl groups excluding tert-OH is 1. The van der Waals surface area contributed by atoms with Crippen LogP contribution in [0.2, 0.25) is 0 Å². The molecule has 0 fully saturated rings. The highest BCUT2D eigenvalue weighted by molar-refractivity contribution is 6.23. The Balaban J connectivity index is 2.35. The first-order valence-corrected chi connectivity index (χ1v) is 11.2. The Morgan fingerprint density at radius 1 is 1.12 bits per heavy atom. The number of ketones is 2. The molecular formula is C26H35NO5. The standard InChI is InChI=1S/C26H35NO5/c1-16-9-7-6-8-10-18(3)26(31)27-21-15-23(29)25(32-5)20(24(21)30)14-17(2)11-12-22(28)19(4)13-16/h6,8,10,13,15,17,19,22,28H,7,9,11-12,14H2,1-5H3,(H,27,31)/b8-6-,16-13+,18-10+/t17?,19?,22-/m0/s1. The summed E-state index contributed by atoms with van der Waals surface area (Å²) in [7, 11) is 1.36. The van der Waals surface area contributed by atoms with E-state index in [-0.39, 0.29) is 28.9 Å². The molecule has 6 heteroatoms. The van der Waals surface area contributed by atoms with Crippen molar-refractivity contribution in [1.29, 1.82) is 0 Å². The lowest BCUT2D eigenvalue weighted by molar-refractivity contribution is -0.120.